The van der Waals surface area contributed by atoms with E-state index in [1.165, 1.54) is 11.8 Å². The van der Waals surface area contributed by atoms with Crippen LogP contribution in [0.3, 0.4) is 0 Å². The first-order valence-electron chi connectivity index (χ1n) is 8.98. The molecule has 5 N–H and O–H groups in total. The smallest absolute Gasteiger partial charge is 0.417 e. The molecule has 0 radical (unpaired) electrons. The van der Waals surface area contributed by atoms with Gasteiger partial charge in [0, 0.05) is 18.0 Å². The average molecular weight is 479 g/mol. The Balaban J connectivity index is 1.91. The third kappa shape index (κ3) is 5.48. The Kier molecular flexibility index (Phi) is 7.43. The van der Waals surface area contributed by atoms with Crippen molar-refractivity contribution in [3.8, 4) is 0 Å². The van der Waals surface area contributed by atoms with Crippen LogP contribution in [0.2, 0.25) is 0 Å². The first kappa shape index (κ1) is 23.7. The van der Waals surface area contributed by atoms with E-state index in [4.69, 9.17) is 14.1 Å². The highest BCUT2D eigenvalue weighted by Crippen LogP contribution is 2.31. The van der Waals surface area contributed by atoms with Crippen LogP contribution < -0.4 is 4.84 Å². The van der Waals surface area contributed by atoms with Crippen LogP contribution in [0.4, 0.5) is 0 Å². The SMILES string of the molecule is COn1cc(C/C(=N/OS(=O)(=O)O)S[C@@H]2O[C@H](CO)[C@@H](O)[C@H](O)[C@H]2O)c2ccccc21. The van der Waals surface area contributed by atoms with Gasteiger partial charge < -0.3 is 30.0 Å². The lowest BCUT2D eigenvalue weighted by Crippen LogP contribution is -2.57. The number of thioether (sulfide) groups is 1. The van der Waals surface area contributed by atoms with Gasteiger partial charge in [0.15, 0.2) is 0 Å². The highest BCUT2D eigenvalue weighted by molar-refractivity contribution is 8.14. The molecule has 1 aromatic heterocycles. The summed E-state index contributed by atoms with van der Waals surface area (Å²) in [6.07, 6.45) is -4.30. The number of hydrogen-bond donors (Lipinski definition) is 5. The number of aliphatic hydroxyl groups excluding tert-OH is 4. The number of fused-ring (bicyclic) bond motifs is 1. The number of aliphatic hydroxyl groups is 4. The number of rotatable bonds is 7. The maximum absolute atomic E-state index is 11.0. The van der Waals surface area contributed by atoms with Crippen LogP contribution >= 0.6 is 11.8 Å². The second-order valence-electron chi connectivity index (χ2n) is 6.66. The molecule has 1 saturated heterocycles. The molecule has 0 bridgehead atoms. The van der Waals surface area contributed by atoms with Crippen LogP contribution in [0, 0.1) is 0 Å². The van der Waals surface area contributed by atoms with Crippen molar-refractivity contribution in [1.82, 2.24) is 4.73 Å². The zero-order valence-electron chi connectivity index (χ0n) is 16.2. The topological polar surface area (TPSA) is 180 Å². The lowest BCUT2D eigenvalue weighted by molar-refractivity contribution is -0.205. The second-order valence-corrected chi connectivity index (χ2v) is 8.84. The molecule has 0 spiro atoms. The lowest BCUT2D eigenvalue weighted by Gasteiger charge is -2.39. The Bertz CT molecular complexity index is 1040. The molecule has 0 unspecified atom stereocenters. The Morgan fingerprint density at radius 1 is 1.23 bits per heavy atom. The highest BCUT2D eigenvalue weighted by atomic mass is 32.3. The minimum atomic E-state index is -4.91. The summed E-state index contributed by atoms with van der Waals surface area (Å²) in [5, 5.41) is 43.7. The summed E-state index contributed by atoms with van der Waals surface area (Å²) in [4.78, 5) is 5.27. The van der Waals surface area contributed by atoms with Gasteiger partial charge in [-0.3, -0.25) is 4.55 Å². The van der Waals surface area contributed by atoms with Crippen LogP contribution in [-0.4, -0.2) is 86.7 Å². The lowest BCUT2D eigenvalue weighted by atomic mass is 10.0. The molecular formula is C17H22N2O10S2. The normalized spacial score (nSPS) is 27.4. The molecule has 12 nitrogen and oxygen atoms in total. The minimum Gasteiger partial charge on any atom is -0.417 e. The molecule has 0 saturated carbocycles. The molecule has 1 aliphatic rings. The van der Waals surface area contributed by atoms with Crippen LogP contribution in [0.5, 0.6) is 0 Å². The Morgan fingerprint density at radius 2 is 1.94 bits per heavy atom. The molecule has 0 aliphatic carbocycles. The maximum atomic E-state index is 11.0. The molecule has 14 heteroatoms. The van der Waals surface area contributed by atoms with E-state index >= 15 is 0 Å². The zero-order chi connectivity index (χ0) is 22.8. The van der Waals surface area contributed by atoms with Crippen molar-refractivity contribution < 1.29 is 47.3 Å². The molecule has 2 aromatic rings. The number of aromatic nitrogens is 1. The van der Waals surface area contributed by atoms with Crippen molar-refractivity contribution in [3.63, 3.8) is 0 Å². The van der Waals surface area contributed by atoms with Gasteiger partial charge in [-0.2, -0.15) is 13.1 Å². The summed E-state index contributed by atoms with van der Waals surface area (Å²) in [6, 6.07) is 7.21. The van der Waals surface area contributed by atoms with Gasteiger partial charge in [-0.05, 0) is 11.6 Å². The summed E-state index contributed by atoms with van der Waals surface area (Å²) < 4.78 is 42.0. The number of hydrogen-bond acceptors (Lipinski definition) is 11. The first-order valence-corrected chi connectivity index (χ1v) is 11.2. The van der Waals surface area contributed by atoms with Crippen molar-refractivity contribution in [1.29, 1.82) is 0 Å². The average Bonchev–Trinajstić information content (AvgIpc) is 3.09. The van der Waals surface area contributed by atoms with Gasteiger partial charge in [-0.1, -0.05) is 35.1 Å². The van der Waals surface area contributed by atoms with Crippen molar-refractivity contribution in [2.24, 2.45) is 5.16 Å². The Labute approximate surface area is 181 Å². The molecule has 3 rings (SSSR count). The molecule has 172 valence electrons. The fourth-order valence-electron chi connectivity index (χ4n) is 3.16. The van der Waals surface area contributed by atoms with E-state index in [0.717, 1.165) is 10.9 Å². The fraction of sp³-hybridized carbons (Fsp3) is 0.471. The molecular weight excluding hydrogens is 456 g/mol. The predicted molar refractivity (Wildman–Crippen MR) is 110 cm³/mol. The van der Waals surface area contributed by atoms with Crippen LogP contribution in [0.25, 0.3) is 10.9 Å². The number of nitrogens with zero attached hydrogens (tertiary/aromatic N) is 2. The number of ether oxygens (including phenoxy) is 1. The van der Waals surface area contributed by atoms with Crippen LogP contribution in [0.15, 0.2) is 35.6 Å². The van der Waals surface area contributed by atoms with Gasteiger partial charge in [0.25, 0.3) is 0 Å². The quantitative estimate of drug-likeness (QED) is 0.141. The van der Waals surface area contributed by atoms with Crippen molar-refractivity contribution in [2.75, 3.05) is 13.7 Å². The minimum absolute atomic E-state index is 0.0217. The van der Waals surface area contributed by atoms with Gasteiger partial charge in [0.05, 0.1) is 12.1 Å². The van der Waals surface area contributed by atoms with E-state index in [9.17, 15) is 28.8 Å². The largest absolute Gasteiger partial charge is 0.466 e. The molecule has 31 heavy (non-hydrogen) atoms. The zero-order valence-corrected chi connectivity index (χ0v) is 17.8. The summed E-state index contributed by atoms with van der Waals surface area (Å²) >= 11 is 0.705. The van der Waals surface area contributed by atoms with Crippen LogP contribution in [0.1, 0.15) is 5.56 Å². The number of benzene rings is 1. The third-order valence-electron chi connectivity index (χ3n) is 4.63. The van der Waals surface area contributed by atoms with Gasteiger partial charge in [0.2, 0.25) is 0 Å². The summed E-state index contributed by atoms with van der Waals surface area (Å²) in [7, 11) is -3.44. The molecule has 2 heterocycles. The van der Waals surface area contributed by atoms with Gasteiger partial charge in [-0.25, -0.2) is 4.28 Å². The van der Waals surface area contributed by atoms with E-state index < -0.39 is 46.9 Å². The first-order chi connectivity index (χ1) is 14.6. The van der Waals surface area contributed by atoms with Gasteiger partial charge in [-0.15, -0.1) is 0 Å². The molecule has 1 fully saturated rings. The summed E-state index contributed by atoms with van der Waals surface area (Å²) in [5.74, 6) is 0. The maximum Gasteiger partial charge on any atom is 0.466 e. The Hall–Kier alpha value is -1.91. The van der Waals surface area contributed by atoms with Gasteiger partial charge in [0.1, 0.15) is 42.0 Å². The molecule has 1 aromatic carbocycles. The molecule has 1 aliphatic heterocycles. The van der Waals surface area contributed by atoms with E-state index in [1.54, 1.807) is 30.5 Å². The third-order valence-corrected chi connectivity index (χ3v) is 6.01. The van der Waals surface area contributed by atoms with E-state index in [-0.39, 0.29) is 11.5 Å². The predicted octanol–water partition coefficient (Wildman–Crippen LogP) is -1.09. The second kappa shape index (κ2) is 9.70. The fourth-order valence-corrected chi connectivity index (χ4v) is 4.47. The van der Waals surface area contributed by atoms with Crippen LogP contribution in [-0.2, 0) is 25.8 Å². The summed E-state index contributed by atoms with van der Waals surface area (Å²) in [6.45, 7) is -0.628. The van der Waals surface area contributed by atoms with Gasteiger partial charge >= 0.3 is 10.4 Å². The molecule has 0 amide bonds. The molecule has 5 atom stereocenters. The van der Waals surface area contributed by atoms with Crippen molar-refractivity contribution in [3.05, 3.63) is 36.0 Å². The monoisotopic (exact) mass is 478 g/mol. The number of oxime groups is 1. The standard InChI is InChI=1S/C17H22N2O10S2/c1-27-19-7-9(10-4-2-3-5-11(10)19)6-13(18-29-31(24,25)26)30-17-16(23)15(22)14(21)12(8-20)28-17/h2-5,7,12,14-17,20-23H,6,8H2,1H3,(H,24,25,26)/b18-13-/t12-,14-,15+,16-,17+/m1/s1. The van der Waals surface area contributed by atoms with Crippen molar-refractivity contribution in [2.45, 2.75) is 36.3 Å². The number of para-hydroxylation sites is 1. The van der Waals surface area contributed by atoms with Crippen molar-refractivity contribution >= 4 is 38.1 Å². The highest BCUT2D eigenvalue weighted by Gasteiger charge is 2.44. The Morgan fingerprint density at radius 3 is 2.58 bits per heavy atom. The van der Waals surface area contributed by atoms with E-state index in [0.29, 0.717) is 17.3 Å². The van der Waals surface area contributed by atoms with E-state index in [2.05, 4.69) is 9.44 Å². The summed E-state index contributed by atoms with van der Waals surface area (Å²) in [5.41, 5.74) is 0.148. The van der Waals surface area contributed by atoms with E-state index in [1.807, 2.05) is 0 Å².